The molecule has 0 unspecified atom stereocenters. The number of Topliss-reactive ketones (excluding diaryl/α,β-unsaturated/α-hetero) is 1. The van der Waals surface area contributed by atoms with Gasteiger partial charge in [-0.15, -0.1) is 0 Å². The zero-order valence-electron chi connectivity index (χ0n) is 9.29. The third-order valence-electron chi connectivity index (χ3n) is 1.49. The molecule has 0 spiro atoms. The molecule has 0 fully saturated rings. The van der Waals surface area contributed by atoms with Gasteiger partial charge in [0.1, 0.15) is 5.78 Å². The monoisotopic (exact) mass is 202 g/mol. The summed E-state index contributed by atoms with van der Waals surface area (Å²) in [5.41, 5.74) is 15.7. The molecule has 0 aliphatic carbocycles. The highest BCUT2D eigenvalue weighted by atomic mass is 16.1. The highest BCUT2D eigenvalue weighted by molar-refractivity contribution is 5.81. The maximum absolute atomic E-state index is 10.7. The van der Waals surface area contributed by atoms with Crippen molar-refractivity contribution < 1.29 is 4.79 Å². The van der Waals surface area contributed by atoms with Gasteiger partial charge in [-0.3, -0.25) is 9.79 Å². The van der Waals surface area contributed by atoms with Crippen LogP contribution in [-0.2, 0) is 4.79 Å². The highest BCUT2D eigenvalue weighted by Gasteiger charge is 2.05. The fraction of sp³-hybridized carbons (Fsp3) is 0.778. The van der Waals surface area contributed by atoms with E-state index in [1.54, 1.807) is 0 Å². The number of nitrogens with two attached hydrogens (primary N) is 3. The van der Waals surface area contributed by atoms with Crippen LogP contribution in [-0.4, -0.2) is 24.3 Å². The van der Waals surface area contributed by atoms with Gasteiger partial charge in [0.25, 0.3) is 0 Å². The summed E-state index contributed by atoms with van der Waals surface area (Å²) in [4.78, 5) is 14.4. The molecule has 0 heterocycles. The predicted octanol–water partition coefficient (Wildman–Crippen LogP) is -0.0175. The Labute approximate surface area is 85.7 Å². The average molecular weight is 202 g/mol. The van der Waals surface area contributed by atoms with E-state index in [9.17, 15) is 4.79 Å². The number of carbonyl (C=O) groups is 1. The van der Waals surface area contributed by atoms with Crippen molar-refractivity contribution in [2.24, 2.45) is 22.2 Å². The lowest BCUT2D eigenvalue weighted by Gasteiger charge is -2.04. The Bertz CT molecular complexity index is 176. The van der Waals surface area contributed by atoms with E-state index in [4.69, 9.17) is 17.2 Å². The predicted molar refractivity (Wildman–Crippen MR) is 59.9 cm³/mol. The molecule has 84 valence electrons. The van der Waals surface area contributed by atoms with Crippen LogP contribution < -0.4 is 17.2 Å². The minimum absolute atomic E-state index is 0.000278. The molecule has 0 saturated heterocycles. The number of carbonyl (C=O) groups excluding carboxylic acids is 1. The average Bonchev–Trinajstić information content (AvgIpc) is 2.15. The third kappa shape index (κ3) is 10.9. The fourth-order valence-electron chi connectivity index (χ4n) is 0.723. The lowest BCUT2D eigenvalue weighted by atomic mass is 10.1. The minimum atomic E-state index is -0.376. The first-order valence-corrected chi connectivity index (χ1v) is 4.85. The molecule has 5 nitrogen and oxygen atoms in total. The molecule has 0 rings (SSSR count). The molecule has 0 aromatic heterocycles. The number of hydrogen-bond acceptors (Lipinski definition) is 3. The van der Waals surface area contributed by atoms with Crippen molar-refractivity contribution in [3.8, 4) is 0 Å². The number of hydrogen-bond donors (Lipinski definition) is 3. The van der Waals surface area contributed by atoms with Crippen LogP contribution in [0.5, 0.6) is 0 Å². The molecule has 0 saturated carbocycles. The second-order valence-electron chi connectivity index (χ2n) is 2.67. The molecule has 14 heavy (non-hydrogen) atoms. The van der Waals surface area contributed by atoms with E-state index in [2.05, 4.69) is 4.99 Å². The molecular formula is C9H22N4O. The molecule has 1 atom stereocenters. The summed E-state index contributed by atoms with van der Waals surface area (Å²) in [6, 6.07) is -0.376. The zero-order chi connectivity index (χ0) is 11.6. The lowest BCUT2D eigenvalue weighted by Crippen LogP contribution is -2.28. The van der Waals surface area contributed by atoms with Crippen LogP contribution in [0.25, 0.3) is 0 Å². The van der Waals surface area contributed by atoms with Crippen LogP contribution in [0.1, 0.15) is 33.6 Å². The van der Waals surface area contributed by atoms with Gasteiger partial charge in [-0.2, -0.15) is 0 Å². The Morgan fingerprint density at radius 3 is 2.21 bits per heavy atom. The molecule has 0 amide bonds. The number of ketones is 1. The first-order valence-electron chi connectivity index (χ1n) is 4.85. The summed E-state index contributed by atoms with van der Waals surface area (Å²) in [6.07, 6.45) is 1.37. The Morgan fingerprint density at radius 1 is 1.36 bits per heavy atom. The summed E-state index contributed by atoms with van der Waals surface area (Å²) < 4.78 is 0. The number of guanidine groups is 1. The molecule has 0 radical (unpaired) electrons. The summed E-state index contributed by atoms with van der Waals surface area (Å²) >= 11 is 0. The second-order valence-corrected chi connectivity index (χ2v) is 2.67. The van der Waals surface area contributed by atoms with E-state index >= 15 is 0 Å². The van der Waals surface area contributed by atoms with Crippen molar-refractivity contribution >= 4 is 11.7 Å². The fourth-order valence-corrected chi connectivity index (χ4v) is 0.723. The maximum Gasteiger partial charge on any atom is 0.185 e. The lowest BCUT2D eigenvalue weighted by molar-refractivity contribution is -0.118. The summed E-state index contributed by atoms with van der Waals surface area (Å²) in [5, 5.41) is 0. The van der Waals surface area contributed by atoms with E-state index < -0.39 is 0 Å². The SMILES string of the molecule is CC.CC(=O)[C@H](N)CCCN=C(N)N. The smallest absolute Gasteiger partial charge is 0.185 e. The van der Waals surface area contributed by atoms with Gasteiger partial charge in [0, 0.05) is 6.54 Å². The van der Waals surface area contributed by atoms with Crippen molar-refractivity contribution in [1.82, 2.24) is 0 Å². The molecule has 0 aromatic rings. The third-order valence-corrected chi connectivity index (χ3v) is 1.49. The van der Waals surface area contributed by atoms with Gasteiger partial charge in [-0.1, -0.05) is 13.8 Å². The van der Waals surface area contributed by atoms with Gasteiger partial charge >= 0.3 is 0 Å². The molecule has 5 heteroatoms. The van der Waals surface area contributed by atoms with E-state index in [-0.39, 0.29) is 17.8 Å². The van der Waals surface area contributed by atoms with Gasteiger partial charge in [0.2, 0.25) is 0 Å². The minimum Gasteiger partial charge on any atom is -0.370 e. The molecule has 0 aliphatic rings. The van der Waals surface area contributed by atoms with Crippen LogP contribution in [0.3, 0.4) is 0 Å². The Morgan fingerprint density at radius 2 is 1.86 bits per heavy atom. The summed E-state index contributed by atoms with van der Waals surface area (Å²) in [7, 11) is 0. The summed E-state index contributed by atoms with van der Waals surface area (Å²) in [5.74, 6) is 0.0751. The van der Waals surface area contributed by atoms with Gasteiger partial charge in [-0.25, -0.2) is 0 Å². The standard InChI is InChI=1S/C7H16N4O.C2H6/c1-5(12)6(8)3-2-4-11-7(9)10;1-2/h6H,2-4,8H2,1H3,(H4,9,10,11);1-2H3/t6-;/m1./s1. The van der Waals surface area contributed by atoms with E-state index in [1.807, 2.05) is 13.8 Å². The molecular weight excluding hydrogens is 180 g/mol. The van der Waals surface area contributed by atoms with Crippen LogP contribution in [0, 0.1) is 0 Å². The van der Waals surface area contributed by atoms with E-state index in [0.717, 1.165) is 6.42 Å². The van der Waals surface area contributed by atoms with E-state index in [0.29, 0.717) is 13.0 Å². The van der Waals surface area contributed by atoms with Gasteiger partial charge in [0.15, 0.2) is 5.96 Å². The van der Waals surface area contributed by atoms with Gasteiger partial charge in [-0.05, 0) is 19.8 Å². The van der Waals surface area contributed by atoms with Crippen molar-refractivity contribution in [3.63, 3.8) is 0 Å². The topological polar surface area (TPSA) is 107 Å². The molecule has 0 aliphatic heterocycles. The summed E-state index contributed by atoms with van der Waals surface area (Å²) in [6.45, 7) is 6.01. The quantitative estimate of drug-likeness (QED) is 0.331. The first-order chi connectivity index (χ1) is 6.54. The van der Waals surface area contributed by atoms with Gasteiger partial charge in [0.05, 0.1) is 6.04 Å². The molecule has 0 aromatic carbocycles. The Balaban J connectivity index is 0. The molecule has 0 bridgehead atoms. The largest absolute Gasteiger partial charge is 0.370 e. The second kappa shape index (κ2) is 9.98. The first kappa shape index (κ1) is 15.4. The van der Waals surface area contributed by atoms with Gasteiger partial charge < -0.3 is 17.2 Å². The Kier molecular flexibility index (Phi) is 11.0. The van der Waals surface area contributed by atoms with Crippen molar-refractivity contribution in [2.75, 3.05) is 6.54 Å². The van der Waals surface area contributed by atoms with Crippen LogP contribution in [0.2, 0.25) is 0 Å². The van der Waals surface area contributed by atoms with Crippen LogP contribution in [0.4, 0.5) is 0 Å². The number of rotatable bonds is 5. The zero-order valence-corrected chi connectivity index (χ0v) is 9.29. The van der Waals surface area contributed by atoms with Crippen molar-refractivity contribution in [1.29, 1.82) is 0 Å². The number of aliphatic imine (C=N–C) groups is 1. The molecule has 6 N–H and O–H groups in total. The van der Waals surface area contributed by atoms with E-state index in [1.165, 1.54) is 6.92 Å². The normalized spacial score (nSPS) is 10.9. The number of nitrogens with zero attached hydrogens (tertiary/aromatic N) is 1. The maximum atomic E-state index is 10.7. The highest BCUT2D eigenvalue weighted by Crippen LogP contribution is 1.95. The van der Waals surface area contributed by atoms with Crippen molar-refractivity contribution in [2.45, 2.75) is 39.7 Å². The van der Waals surface area contributed by atoms with Crippen LogP contribution >= 0.6 is 0 Å². The van der Waals surface area contributed by atoms with Crippen molar-refractivity contribution in [3.05, 3.63) is 0 Å². The van der Waals surface area contributed by atoms with Crippen LogP contribution in [0.15, 0.2) is 4.99 Å². The Hall–Kier alpha value is -1.10.